The van der Waals surface area contributed by atoms with Crippen molar-refractivity contribution < 1.29 is 13.2 Å². The SMILES string of the molecule is CCCOCCS(=O)(=O)c1ccc(C(N)=S)cc1. The van der Waals surface area contributed by atoms with E-state index in [2.05, 4.69) is 0 Å². The fraction of sp³-hybridized carbons (Fsp3) is 0.417. The number of benzene rings is 1. The van der Waals surface area contributed by atoms with Gasteiger partial charge in [-0.1, -0.05) is 31.3 Å². The van der Waals surface area contributed by atoms with Gasteiger partial charge in [-0.15, -0.1) is 0 Å². The lowest BCUT2D eigenvalue weighted by molar-refractivity contribution is 0.149. The Bertz CT molecular complexity index is 495. The Morgan fingerprint density at radius 2 is 1.89 bits per heavy atom. The van der Waals surface area contributed by atoms with Crippen molar-refractivity contribution in [1.82, 2.24) is 0 Å². The Morgan fingerprint density at radius 1 is 1.28 bits per heavy atom. The van der Waals surface area contributed by atoms with Gasteiger partial charge in [0.1, 0.15) is 4.99 Å². The number of hydrogen-bond acceptors (Lipinski definition) is 4. The molecule has 0 fully saturated rings. The monoisotopic (exact) mass is 287 g/mol. The van der Waals surface area contributed by atoms with Crippen molar-refractivity contribution in [2.75, 3.05) is 19.0 Å². The summed E-state index contributed by atoms with van der Waals surface area (Å²) in [5.74, 6) is -0.0145. The number of thiocarbonyl (C=S) groups is 1. The summed E-state index contributed by atoms with van der Waals surface area (Å²) in [5.41, 5.74) is 6.11. The smallest absolute Gasteiger partial charge is 0.180 e. The third kappa shape index (κ3) is 4.36. The molecule has 0 aliphatic rings. The summed E-state index contributed by atoms with van der Waals surface area (Å²) in [6.45, 7) is 2.77. The van der Waals surface area contributed by atoms with Gasteiger partial charge in [0.05, 0.1) is 17.3 Å². The minimum absolute atomic E-state index is 0.0145. The maximum atomic E-state index is 11.9. The second kappa shape index (κ2) is 6.82. The zero-order valence-corrected chi connectivity index (χ0v) is 11.9. The van der Waals surface area contributed by atoms with Crippen molar-refractivity contribution in [3.05, 3.63) is 29.8 Å². The molecule has 1 aromatic rings. The maximum Gasteiger partial charge on any atom is 0.180 e. The van der Waals surface area contributed by atoms with Gasteiger partial charge < -0.3 is 10.5 Å². The highest BCUT2D eigenvalue weighted by Gasteiger charge is 2.14. The van der Waals surface area contributed by atoms with Crippen LogP contribution < -0.4 is 5.73 Å². The Labute approximate surface area is 113 Å². The van der Waals surface area contributed by atoms with Crippen LogP contribution in [0.2, 0.25) is 0 Å². The fourth-order valence-corrected chi connectivity index (χ4v) is 2.62. The second-order valence-corrected chi connectivity index (χ2v) is 6.37. The Morgan fingerprint density at radius 3 is 2.39 bits per heavy atom. The first-order chi connectivity index (χ1) is 8.47. The van der Waals surface area contributed by atoms with Crippen molar-refractivity contribution in [3.63, 3.8) is 0 Å². The predicted octanol–water partition coefficient (Wildman–Crippen LogP) is 1.52. The lowest BCUT2D eigenvalue weighted by Gasteiger charge is -2.06. The van der Waals surface area contributed by atoms with E-state index in [4.69, 9.17) is 22.7 Å². The van der Waals surface area contributed by atoms with E-state index < -0.39 is 9.84 Å². The zero-order chi connectivity index (χ0) is 13.6. The first-order valence-electron chi connectivity index (χ1n) is 5.67. The molecule has 0 unspecified atom stereocenters. The van der Waals surface area contributed by atoms with Gasteiger partial charge in [-0.05, 0) is 18.6 Å². The molecule has 0 heterocycles. The van der Waals surface area contributed by atoms with E-state index in [-0.39, 0.29) is 22.2 Å². The van der Waals surface area contributed by atoms with Crippen LogP contribution in [0.4, 0.5) is 0 Å². The Balaban J connectivity index is 2.70. The summed E-state index contributed by atoms with van der Waals surface area (Å²) in [7, 11) is -3.29. The summed E-state index contributed by atoms with van der Waals surface area (Å²) in [5, 5.41) is 0. The van der Waals surface area contributed by atoms with Crippen molar-refractivity contribution in [2.45, 2.75) is 18.2 Å². The zero-order valence-electron chi connectivity index (χ0n) is 10.3. The fourth-order valence-electron chi connectivity index (χ4n) is 1.36. The Hall–Kier alpha value is -0.980. The molecule has 18 heavy (non-hydrogen) atoms. The molecule has 0 aliphatic carbocycles. The van der Waals surface area contributed by atoms with Gasteiger partial charge in [-0.25, -0.2) is 8.42 Å². The molecular weight excluding hydrogens is 270 g/mol. The molecule has 0 radical (unpaired) electrons. The van der Waals surface area contributed by atoms with Crippen molar-refractivity contribution in [1.29, 1.82) is 0 Å². The van der Waals surface area contributed by atoms with Crippen LogP contribution in [0, 0.1) is 0 Å². The van der Waals surface area contributed by atoms with E-state index >= 15 is 0 Å². The van der Waals surface area contributed by atoms with Gasteiger partial charge in [0.2, 0.25) is 0 Å². The van der Waals surface area contributed by atoms with Crippen LogP contribution in [0.5, 0.6) is 0 Å². The number of nitrogens with two attached hydrogens (primary N) is 1. The summed E-state index contributed by atoms with van der Waals surface area (Å²) in [6.07, 6.45) is 0.878. The average Bonchev–Trinajstić information content (AvgIpc) is 2.35. The second-order valence-electron chi connectivity index (χ2n) is 3.82. The highest BCUT2D eigenvalue weighted by Crippen LogP contribution is 2.12. The molecule has 0 aliphatic heterocycles. The molecule has 1 aromatic carbocycles. The molecule has 0 atom stereocenters. The normalized spacial score (nSPS) is 11.4. The molecule has 0 saturated carbocycles. The quantitative estimate of drug-likeness (QED) is 0.608. The molecular formula is C12H17NO3S2. The molecule has 1 rings (SSSR count). The Kier molecular flexibility index (Phi) is 5.71. The van der Waals surface area contributed by atoms with Crippen molar-refractivity contribution in [2.24, 2.45) is 5.73 Å². The predicted molar refractivity (Wildman–Crippen MR) is 75.5 cm³/mol. The minimum atomic E-state index is -3.29. The van der Waals surface area contributed by atoms with Crippen LogP contribution >= 0.6 is 12.2 Å². The van der Waals surface area contributed by atoms with E-state index in [1.54, 1.807) is 12.1 Å². The van der Waals surface area contributed by atoms with Gasteiger partial charge in [-0.3, -0.25) is 0 Å². The van der Waals surface area contributed by atoms with E-state index in [9.17, 15) is 8.42 Å². The lowest BCUT2D eigenvalue weighted by atomic mass is 10.2. The highest BCUT2D eigenvalue weighted by molar-refractivity contribution is 7.91. The molecule has 0 spiro atoms. The molecule has 0 aromatic heterocycles. The molecule has 0 amide bonds. The molecule has 100 valence electrons. The van der Waals surface area contributed by atoms with Gasteiger partial charge in [0.15, 0.2) is 9.84 Å². The van der Waals surface area contributed by atoms with Crippen LogP contribution in [0.15, 0.2) is 29.2 Å². The van der Waals surface area contributed by atoms with E-state index in [0.29, 0.717) is 12.2 Å². The summed E-state index contributed by atoms with van der Waals surface area (Å²) >= 11 is 4.81. The summed E-state index contributed by atoms with van der Waals surface area (Å²) in [4.78, 5) is 0.521. The van der Waals surface area contributed by atoms with Crippen LogP contribution in [0.25, 0.3) is 0 Å². The van der Waals surface area contributed by atoms with Crippen LogP contribution in [0.1, 0.15) is 18.9 Å². The minimum Gasteiger partial charge on any atom is -0.389 e. The standard InChI is InChI=1S/C12H17NO3S2/c1-2-7-16-8-9-18(14,15)11-5-3-10(4-6-11)12(13)17/h3-6H,2,7-9H2,1H3,(H2,13,17). The third-order valence-electron chi connectivity index (χ3n) is 2.34. The topological polar surface area (TPSA) is 69.4 Å². The highest BCUT2D eigenvalue weighted by atomic mass is 32.2. The van der Waals surface area contributed by atoms with Gasteiger partial charge >= 0.3 is 0 Å². The molecule has 4 nitrogen and oxygen atoms in total. The van der Waals surface area contributed by atoms with E-state index in [0.717, 1.165) is 6.42 Å². The van der Waals surface area contributed by atoms with Crippen molar-refractivity contribution in [3.8, 4) is 0 Å². The average molecular weight is 287 g/mol. The molecule has 0 bridgehead atoms. The summed E-state index contributed by atoms with van der Waals surface area (Å²) in [6, 6.07) is 6.26. The maximum absolute atomic E-state index is 11.9. The lowest BCUT2D eigenvalue weighted by Crippen LogP contribution is -2.14. The van der Waals surface area contributed by atoms with Crippen molar-refractivity contribution >= 4 is 27.0 Å². The number of ether oxygens (including phenoxy) is 1. The van der Waals surface area contributed by atoms with E-state index in [1.807, 2.05) is 6.92 Å². The van der Waals surface area contributed by atoms with Crippen LogP contribution in [-0.4, -0.2) is 32.4 Å². The van der Waals surface area contributed by atoms with Gasteiger partial charge in [0, 0.05) is 12.2 Å². The first-order valence-corrected chi connectivity index (χ1v) is 7.74. The molecule has 0 saturated heterocycles. The third-order valence-corrected chi connectivity index (χ3v) is 4.27. The van der Waals surface area contributed by atoms with Crippen LogP contribution in [-0.2, 0) is 14.6 Å². The molecule has 6 heteroatoms. The largest absolute Gasteiger partial charge is 0.389 e. The van der Waals surface area contributed by atoms with Crippen LogP contribution in [0.3, 0.4) is 0 Å². The molecule has 2 N–H and O–H groups in total. The number of sulfone groups is 1. The van der Waals surface area contributed by atoms with Gasteiger partial charge in [-0.2, -0.15) is 0 Å². The van der Waals surface area contributed by atoms with Gasteiger partial charge in [0.25, 0.3) is 0 Å². The first kappa shape index (κ1) is 15.1. The summed E-state index contributed by atoms with van der Waals surface area (Å²) < 4.78 is 29.0. The number of hydrogen-bond donors (Lipinski definition) is 1. The number of rotatable bonds is 7. The van der Waals surface area contributed by atoms with E-state index in [1.165, 1.54) is 12.1 Å².